The quantitative estimate of drug-likeness (QED) is 0.603. The Morgan fingerprint density at radius 1 is 1.44 bits per heavy atom. The van der Waals surface area contributed by atoms with Crippen LogP contribution < -0.4 is 10.7 Å². The second-order valence-electron chi connectivity index (χ2n) is 3.54. The van der Waals surface area contributed by atoms with Gasteiger partial charge in [0.05, 0.1) is 6.54 Å². The van der Waals surface area contributed by atoms with Crippen molar-refractivity contribution in [3.05, 3.63) is 35.4 Å². The molecule has 1 aliphatic rings. The molecule has 5 heteroatoms. The Morgan fingerprint density at radius 2 is 2.19 bits per heavy atom. The number of nitrogens with one attached hydrogen (secondary N) is 2. The van der Waals surface area contributed by atoms with Crippen molar-refractivity contribution in [3.8, 4) is 0 Å². The predicted octanol–water partition coefficient (Wildman–Crippen LogP) is 1.44. The van der Waals surface area contributed by atoms with Gasteiger partial charge in [0.2, 0.25) is 5.96 Å². The van der Waals surface area contributed by atoms with Crippen LogP contribution in [0.15, 0.2) is 34.4 Å². The van der Waals surface area contributed by atoms with E-state index >= 15 is 0 Å². The molecule has 1 aromatic rings. The molecule has 0 bridgehead atoms. The fourth-order valence-electron chi connectivity index (χ4n) is 1.33. The number of aliphatic imine (C=N–C) groups is 1. The molecule has 16 heavy (non-hydrogen) atoms. The maximum absolute atomic E-state index is 6.04. The first kappa shape index (κ1) is 11.0. The van der Waals surface area contributed by atoms with Gasteiger partial charge in [-0.1, -0.05) is 41.4 Å². The highest BCUT2D eigenvalue weighted by atomic mass is 35.5. The summed E-state index contributed by atoms with van der Waals surface area (Å²) in [6.07, 6.45) is 0. The van der Waals surface area contributed by atoms with E-state index in [0.29, 0.717) is 11.1 Å². The Bertz CT molecular complexity index is 422. The maximum atomic E-state index is 6.04. The molecule has 84 valence electrons. The monoisotopic (exact) mass is 236 g/mol. The summed E-state index contributed by atoms with van der Waals surface area (Å²) in [6, 6.07) is 7.87. The molecule has 0 aromatic heterocycles. The molecule has 0 atom stereocenters. The summed E-state index contributed by atoms with van der Waals surface area (Å²) in [7, 11) is 0. The van der Waals surface area contributed by atoms with Crippen molar-refractivity contribution in [1.29, 1.82) is 0 Å². The minimum Gasteiger partial charge on any atom is -0.353 e. The zero-order valence-corrected chi connectivity index (χ0v) is 9.75. The van der Waals surface area contributed by atoms with Crippen molar-refractivity contribution in [3.63, 3.8) is 0 Å². The van der Waals surface area contributed by atoms with Gasteiger partial charge in [0.25, 0.3) is 0 Å². The van der Waals surface area contributed by atoms with Crippen LogP contribution in [0.2, 0.25) is 0 Å². The Kier molecular flexibility index (Phi) is 3.41. The van der Waals surface area contributed by atoms with Crippen LogP contribution in [-0.4, -0.2) is 24.2 Å². The summed E-state index contributed by atoms with van der Waals surface area (Å²) in [4.78, 5) is 4.14. The van der Waals surface area contributed by atoms with Crippen LogP contribution in [0.4, 0.5) is 0 Å². The molecule has 1 heterocycles. The topological polar surface area (TPSA) is 48.8 Å². The van der Waals surface area contributed by atoms with Crippen LogP contribution in [0, 0.1) is 6.92 Å². The average molecular weight is 237 g/mol. The van der Waals surface area contributed by atoms with E-state index in [0.717, 1.165) is 18.7 Å². The molecule has 0 amide bonds. The number of benzene rings is 1. The normalized spacial score (nSPS) is 15.6. The van der Waals surface area contributed by atoms with Crippen molar-refractivity contribution < 1.29 is 0 Å². The third-order valence-corrected chi connectivity index (χ3v) is 2.53. The van der Waals surface area contributed by atoms with Gasteiger partial charge in [0.15, 0.2) is 5.17 Å². The largest absolute Gasteiger partial charge is 0.353 e. The average Bonchev–Trinajstić information content (AvgIpc) is 2.80. The van der Waals surface area contributed by atoms with E-state index in [1.54, 1.807) is 0 Å². The van der Waals surface area contributed by atoms with Gasteiger partial charge in [0, 0.05) is 12.1 Å². The highest BCUT2D eigenvalue weighted by Gasteiger charge is 2.04. The second-order valence-corrected chi connectivity index (χ2v) is 3.90. The summed E-state index contributed by atoms with van der Waals surface area (Å²) < 4.78 is 0. The van der Waals surface area contributed by atoms with Crippen molar-refractivity contribution in [2.45, 2.75) is 6.92 Å². The Balaban J connectivity index is 2.03. The first-order valence-electron chi connectivity index (χ1n) is 5.10. The number of aryl methyl sites for hydroxylation is 1. The van der Waals surface area contributed by atoms with Crippen LogP contribution in [0.5, 0.6) is 0 Å². The smallest absolute Gasteiger partial charge is 0.212 e. The molecule has 0 fully saturated rings. The van der Waals surface area contributed by atoms with Crippen molar-refractivity contribution >= 4 is 22.7 Å². The summed E-state index contributed by atoms with van der Waals surface area (Å²) in [6.45, 7) is 3.66. The molecule has 0 aliphatic carbocycles. The summed E-state index contributed by atoms with van der Waals surface area (Å²) in [5.74, 6) is 0.672. The summed E-state index contributed by atoms with van der Waals surface area (Å²) in [5.41, 5.74) is 4.87. The van der Waals surface area contributed by atoms with E-state index in [-0.39, 0.29) is 0 Å². The van der Waals surface area contributed by atoms with Gasteiger partial charge in [-0.15, -0.1) is 0 Å². The molecule has 0 saturated carbocycles. The maximum Gasteiger partial charge on any atom is 0.212 e. The minimum absolute atomic E-state index is 0.427. The summed E-state index contributed by atoms with van der Waals surface area (Å²) >= 11 is 6.04. The van der Waals surface area contributed by atoms with E-state index in [4.69, 9.17) is 11.6 Å². The molecule has 0 spiro atoms. The van der Waals surface area contributed by atoms with E-state index in [1.807, 2.05) is 31.2 Å². The summed E-state index contributed by atoms with van der Waals surface area (Å²) in [5, 5.41) is 7.52. The predicted molar refractivity (Wildman–Crippen MR) is 67.0 cm³/mol. The lowest BCUT2D eigenvalue weighted by atomic mass is 10.2. The van der Waals surface area contributed by atoms with Gasteiger partial charge in [-0.3, -0.25) is 0 Å². The SMILES string of the molecule is Cc1ccc(/C(Cl)=N/NC2=NCCN2)cc1. The van der Waals surface area contributed by atoms with E-state index < -0.39 is 0 Å². The second kappa shape index (κ2) is 4.99. The number of guanidine groups is 1. The van der Waals surface area contributed by atoms with Crippen LogP contribution in [-0.2, 0) is 0 Å². The lowest BCUT2D eigenvalue weighted by Crippen LogP contribution is -2.30. The van der Waals surface area contributed by atoms with Crippen molar-refractivity contribution in [2.24, 2.45) is 10.1 Å². The highest BCUT2D eigenvalue weighted by molar-refractivity contribution is 6.69. The number of hydrogen-bond acceptors (Lipinski definition) is 4. The molecular weight excluding hydrogens is 224 g/mol. The van der Waals surface area contributed by atoms with Gasteiger partial charge in [-0.05, 0) is 6.92 Å². The molecule has 0 unspecified atom stereocenters. The van der Waals surface area contributed by atoms with Crippen molar-refractivity contribution in [2.75, 3.05) is 13.1 Å². The number of hydrogen-bond donors (Lipinski definition) is 2. The van der Waals surface area contributed by atoms with Crippen LogP contribution >= 0.6 is 11.6 Å². The third kappa shape index (κ3) is 2.73. The van der Waals surface area contributed by atoms with Gasteiger partial charge in [0.1, 0.15) is 0 Å². The molecule has 1 aromatic carbocycles. The lowest BCUT2D eigenvalue weighted by molar-refractivity contribution is 0.919. The van der Waals surface area contributed by atoms with Gasteiger partial charge >= 0.3 is 0 Å². The molecule has 1 aliphatic heterocycles. The molecule has 0 radical (unpaired) electrons. The van der Waals surface area contributed by atoms with Crippen LogP contribution in [0.25, 0.3) is 0 Å². The molecule has 4 nitrogen and oxygen atoms in total. The van der Waals surface area contributed by atoms with E-state index in [1.165, 1.54) is 5.56 Å². The van der Waals surface area contributed by atoms with Crippen molar-refractivity contribution in [1.82, 2.24) is 10.7 Å². The van der Waals surface area contributed by atoms with E-state index in [9.17, 15) is 0 Å². The van der Waals surface area contributed by atoms with Gasteiger partial charge < -0.3 is 5.32 Å². The Hall–Kier alpha value is -1.55. The van der Waals surface area contributed by atoms with Gasteiger partial charge in [-0.2, -0.15) is 5.10 Å². The zero-order valence-electron chi connectivity index (χ0n) is 9.00. The van der Waals surface area contributed by atoms with Crippen LogP contribution in [0.1, 0.15) is 11.1 Å². The molecule has 2 N–H and O–H groups in total. The van der Waals surface area contributed by atoms with E-state index in [2.05, 4.69) is 20.8 Å². The van der Waals surface area contributed by atoms with Crippen LogP contribution in [0.3, 0.4) is 0 Å². The minimum atomic E-state index is 0.427. The number of halogens is 1. The lowest BCUT2D eigenvalue weighted by Gasteiger charge is -2.02. The first-order valence-corrected chi connectivity index (χ1v) is 5.48. The molecule has 0 saturated heterocycles. The fourth-order valence-corrected chi connectivity index (χ4v) is 1.50. The zero-order chi connectivity index (χ0) is 11.4. The fraction of sp³-hybridized carbons (Fsp3) is 0.273. The first-order chi connectivity index (χ1) is 7.75. The standard InChI is InChI=1S/C11H13ClN4/c1-8-2-4-9(5-3-8)10(12)15-16-11-13-6-7-14-11/h2-5H,6-7H2,1H3,(H2,13,14,16)/b15-10-. The Labute approximate surface area is 99.4 Å². The number of rotatable bonds is 2. The third-order valence-electron chi connectivity index (χ3n) is 2.22. The molecule has 2 rings (SSSR count). The number of nitrogens with zero attached hydrogens (tertiary/aromatic N) is 2. The highest BCUT2D eigenvalue weighted by Crippen LogP contribution is 2.06. The van der Waals surface area contributed by atoms with Gasteiger partial charge in [-0.25, -0.2) is 10.4 Å². The molecular formula is C11H13ClN4. The number of hydrazone groups is 1. The Morgan fingerprint density at radius 3 is 2.81 bits per heavy atom.